The number of fused-ring (bicyclic) bond motifs is 1. The van der Waals surface area contributed by atoms with Crippen LogP contribution in [0.25, 0.3) is 0 Å². The number of amides is 1. The zero-order valence-corrected chi connectivity index (χ0v) is 13.5. The minimum atomic E-state index is -3.32. The highest BCUT2D eigenvalue weighted by Gasteiger charge is 2.42. The summed E-state index contributed by atoms with van der Waals surface area (Å²) in [6, 6.07) is 1.42. The summed E-state index contributed by atoms with van der Waals surface area (Å²) >= 11 is 0. The van der Waals surface area contributed by atoms with Gasteiger partial charge in [0.1, 0.15) is 0 Å². The summed E-state index contributed by atoms with van der Waals surface area (Å²) in [4.78, 5) is 14.2. The molecule has 122 valence electrons. The lowest BCUT2D eigenvalue weighted by Gasteiger charge is -2.45. The fraction of sp³-hybridized carbons (Fsp3) is 0.643. The summed E-state index contributed by atoms with van der Waals surface area (Å²) in [6.45, 7) is 3.42. The van der Waals surface area contributed by atoms with E-state index in [-0.39, 0.29) is 18.1 Å². The number of morpholine rings is 1. The fourth-order valence-corrected chi connectivity index (χ4v) is 4.27. The first-order valence-electron chi connectivity index (χ1n) is 7.29. The molecule has 0 aliphatic carbocycles. The highest BCUT2D eigenvalue weighted by molar-refractivity contribution is 7.88. The molecule has 3 rings (SSSR count). The molecule has 7 nitrogen and oxygen atoms in total. The van der Waals surface area contributed by atoms with Gasteiger partial charge in [0.25, 0.3) is 5.91 Å². The van der Waals surface area contributed by atoms with Gasteiger partial charge < -0.3 is 14.1 Å². The molecule has 2 saturated heterocycles. The molecule has 3 heterocycles. The SMILES string of the molecule is Cc1ccoc1C(=O)N1CC[C@H]2OCCN(S(C)(=O)=O)[C@@H]2C1. The van der Waals surface area contributed by atoms with Gasteiger partial charge in [0, 0.05) is 25.2 Å². The number of ether oxygens (including phenoxy) is 1. The zero-order chi connectivity index (χ0) is 15.9. The van der Waals surface area contributed by atoms with Crippen LogP contribution in [0.15, 0.2) is 16.7 Å². The van der Waals surface area contributed by atoms with Crippen LogP contribution < -0.4 is 0 Å². The number of carbonyl (C=O) groups excluding carboxylic acids is 1. The van der Waals surface area contributed by atoms with Crippen molar-refractivity contribution < 1.29 is 22.4 Å². The van der Waals surface area contributed by atoms with Gasteiger partial charge in [0.15, 0.2) is 5.76 Å². The number of likely N-dealkylation sites (tertiary alicyclic amines) is 1. The standard InChI is InChI=1S/C14H20N2O5S/c1-10-4-7-21-13(10)14(17)15-5-3-12-11(9-15)16(6-8-20-12)22(2,18)19/h4,7,11-12H,3,5-6,8-9H2,1-2H3/t11-,12-/m1/s1. The number of hydrogen-bond donors (Lipinski definition) is 0. The molecule has 1 aromatic heterocycles. The molecule has 8 heteroatoms. The lowest BCUT2D eigenvalue weighted by atomic mass is 10.00. The van der Waals surface area contributed by atoms with Crippen molar-refractivity contribution in [3.05, 3.63) is 23.7 Å². The van der Waals surface area contributed by atoms with Gasteiger partial charge in [-0.05, 0) is 19.4 Å². The number of aryl methyl sites for hydroxylation is 1. The molecule has 1 amide bonds. The predicted octanol–water partition coefficient (Wildman–Crippen LogP) is 0.463. The van der Waals surface area contributed by atoms with Crippen molar-refractivity contribution in [2.24, 2.45) is 0 Å². The van der Waals surface area contributed by atoms with Crippen molar-refractivity contribution >= 4 is 15.9 Å². The summed E-state index contributed by atoms with van der Waals surface area (Å²) in [5, 5.41) is 0. The van der Waals surface area contributed by atoms with E-state index in [0.717, 1.165) is 5.56 Å². The number of sulfonamides is 1. The van der Waals surface area contributed by atoms with Crippen LogP contribution in [0.5, 0.6) is 0 Å². The quantitative estimate of drug-likeness (QED) is 0.788. The average Bonchev–Trinajstić information content (AvgIpc) is 2.90. The zero-order valence-electron chi connectivity index (χ0n) is 12.7. The monoisotopic (exact) mass is 328 g/mol. The second-order valence-electron chi connectivity index (χ2n) is 5.82. The van der Waals surface area contributed by atoms with Gasteiger partial charge in [0.05, 0.1) is 31.3 Å². The Kier molecular flexibility index (Phi) is 4.00. The highest BCUT2D eigenvalue weighted by atomic mass is 32.2. The molecular weight excluding hydrogens is 308 g/mol. The van der Waals surface area contributed by atoms with Crippen LogP contribution in [0.3, 0.4) is 0 Å². The van der Waals surface area contributed by atoms with Crippen LogP contribution in [0.4, 0.5) is 0 Å². The molecule has 2 aliphatic rings. The average molecular weight is 328 g/mol. The van der Waals surface area contributed by atoms with Crippen molar-refractivity contribution in [2.45, 2.75) is 25.5 Å². The van der Waals surface area contributed by atoms with Crippen LogP contribution in [0.1, 0.15) is 22.5 Å². The number of piperidine rings is 1. The molecule has 2 atom stereocenters. The minimum absolute atomic E-state index is 0.148. The van der Waals surface area contributed by atoms with Gasteiger partial charge in [0.2, 0.25) is 10.0 Å². The first kappa shape index (κ1) is 15.5. The van der Waals surface area contributed by atoms with Crippen molar-refractivity contribution in [1.82, 2.24) is 9.21 Å². The normalized spacial score (nSPS) is 26.7. The van der Waals surface area contributed by atoms with Crippen molar-refractivity contribution in [2.75, 3.05) is 32.5 Å². The second kappa shape index (κ2) is 5.68. The Morgan fingerprint density at radius 2 is 2.14 bits per heavy atom. The maximum Gasteiger partial charge on any atom is 0.289 e. The molecule has 0 spiro atoms. The lowest BCUT2D eigenvalue weighted by Crippen LogP contribution is -2.61. The molecule has 0 unspecified atom stereocenters. The van der Waals surface area contributed by atoms with E-state index in [4.69, 9.17) is 9.15 Å². The van der Waals surface area contributed by atoms with Crippen LogP contribution >= 0.6 is 0 Å². The molecule has 0 N–H and O–H groups in total. The first-order valence-corrected chi connectivity index (χ1v) is 9.14. The Bertz CT molecular complexity index is 669. The number of hydrogen-bond acceptors (Lipinski definition) is 5. The molecule has 2 fully saturated rings. The van der Waals surface area contributed by atoms with Crippen LogP contribution in [-0.2, 0) is 14.8 Å². The molecule has 1 aromatic rings. The van der Waals surface area contributed by atoms with Crippen molar-refractivity contribution in [3.63, 3.8) is 0 Å². The van der Waals surface area contributed by atoms with Gasteiger partial charge in [-0.2, -0.15) is 4.31 Å². The molecule has 0 aromatic carbocycles. The Hall–Kier alpha value is -1.38. The van der Waals surface area contributed by atoms with E-state index in [1.165, 1.54) is 16.8 Å². The van der Waals surface area contributed by atoms with E-state index < -0.39 is 10.0 Å². The third kappa shape index (κ3) is 2.78. The molecule has 0 bridgehead atoms. The van der Waals surface area contributed by atoms with Crippen LogP contribution in [-0.4, -0.2) is 68.2 Å². The smallest absolute Gasteiger partial charge is 0.289 e. The van der Waals surface area contributed by atoms with E-state index in [1.54, 1.807) is 11.0 Å². The third-order valence-electron chi connectivity index (χ3n) is 4.30. The third-order valence-corrected chi connectivity index (χ3v) is 5.61. The number of furan rings is 1. The molecule has 0 saturated carbocycles. The maximum atomic E-state index is 12.5. The summed E-state index contributed by atoms with van der Waals surface area (Å²) in [6.07, 6.45) is 3.17. The van der Waals surface area contributed by atoms with Crippen LogP contribution in [0, 0.1) is 6.92 Å². The number of rotatable bonds is 2. The minimum Gasteiger partial charge on any atom is -0.459 e. The molecular formula is C14H20N2O5S. The topological polar surface area (TPSA) is 80.1 Å². The Morgan fingerprint density at radius 3 is 2.77 bits per heavy atom. The second-order valence-corrected chi connectivity index (χ2v) is 7.76. The van der Waals surface area contributed by atoms with E-state index in [1.807, 2.05) is 6.92 Å². The highest BCUT2D eigenvalue weighted by Crippen LogP contribution is 2.26. The molecule has 22 heavy (non-hydrogen) atoms. The summed E-state index contributed by atoms with van der Waals surface area (Å²) in [5.74, 6) is 0.126. The van der Waals surface area contributed by atoms with E-state index in [0.29, 0.717) is 38.4 Å². The fourth-order valence-electron chi connectivity index (χ4n) is 3.17. The van der Waals surface area contributed by atoms with Gasteiger partial charge in [-0.3, -0.25) is 4.79 Å². The Labute approximate surface area is 129 Å². The molecule has 2 aliphatic heterocycles. The van der Waals surface area contributed by atoms with Crippen molar-refractivity contribution in [3.8, 4) is 0 Å². The number of carbonyl (C=O) groups is 1. The Balaban J connectivity index is 1.80. The Morgan fingerprint density at radius 1 is 1.36 bits per heavy atom. The summed E-state index contributed by atoms with van der Waals surface area (Å²) in [5.41, 5.74) is 0.784. The maximum absolute atomic E-state index is 12.5. The summed E-state index contributed by atoms with van der Waals surface area (Å²) < 4.78 is 36.3. The van der Waals surface area contributed by atoms with Gasteiger partial charge in [-0.1, -0.05) is 0 Å². The largest absolute Gasteiger partial charge is 0.459 e. The van der Waals surface area contributed by atoms with E-state index >= 15 is 0 Å². The van der Waals surface area contributed by atoms with E-state index in [9.17, 15) is 13.2 Å². The first-order chi connectivity index (χ1) is 10.4. The van der Waals surface area contributed by atoms with Crippen LogP contribution in [0.2, 0.25) is 0 Å². The predicted molar refractivity (Wildman–Crippen MR) is 79.0 cm³/mol. The summed E-state index contributed by atoms with van der Waals surface area (Å²) in [7, 11) is -3.32. The molecule has 0 radical (unpaired) electrons. The van der Waals surface area contributed by atoms with Gasteiger partial charge in [-0.15, -0.1) is 0 Å². The van der Waals surface area contributed by atoms with E-state index in [2.05, 4.69) is 0 Å². The number of nitrogens with zero attached hydrogens (tertiary/aromatic N) is 2. The van der Waals surface area contributed by atoms with Crippen molar-refractivity contribution in [1.29, 1.82) is 0 Å². The van der Waals surface area contributed by atoms with Gasteiger partial charge >= 0.3 is 0 Å². The van der Waals surface area contributed by atoms with Gasteiger partial charge in [-0.25, -0.2) is 8.42 Å². The lowest BCUT2D eigenvalue weighted by molar-refractivity contribution is -0.0707.